The minimum atomic E-state index is -0.634. The molecule has 2 rings (SSSR count). The molecule has 5 nitrogen and oxygen atoms in total. The van der Waals surface area contributed by atoms with E-state index in [1.54, 1.807) is 24.3 Å². The third-order valence-electron chi connectivity index (χ3n) is 2.92. The largest absolute Gasteiger partial charge is 0.496 e. The quantitative estimate of drug-likeness (QED) is 0.703. The number of hydrogen-bond acceptors (Lipinski definition) is 4. The van der Waals surface area contributed by atoms with Gasteiger partial charge in [0.1, 0.15) is 5.75 Å². The summed E-state index contributed by atoms with van der Waals surface area (Å²) in [7, 11) is 1.52. The maximum atomic E-state index is 12.0. The third-order valence-corrected chi connectivity index (χ3v) is 4.11. The molecular formula is C16H12BrCl2NO4. The molecule has 8 heteroatoms. The van der Waals surface area contributed by atoms with Crippen LogP contribution < -0.4 is 10.1 Å². The number of benzene rings is 2. The molecule has 1 N–H and O–H groups in total. The van der Waals surface area contributed by atoms with Gasteiger partial charge in [-0.15, -0.1) is 0 Å². The Bertz CT molecular complexity index is 783. The SMILES string of the molecule is COc1ccc(C(=O)OCC(=O)Nc2cc(Cl)ccc2Cl)cc1Br. The van der Waals surface area contributed by atoms with Crippen molar-refractivity contribution in [2.24, 2.45) is 0 Å². The van der Waals surface area contributed by atoms with Crippen molar-refractivity contribution in [3.8, 4) is 5.75 Å². The molecule has 0 heterocycles. The van der Waals surface area contributed by atoms with E-state index in [1.165, 1.54) is 19.2 Å². The van der Waals surface area contributed by atoms with Crippen molar-refractivity contribution in [1.82, 2.24) is 0 Å². The number of nitrogens with one attached hydrogen (secondary N) is 1. The number of methoxy groups -OCH3 is 1. The summed E-state index contributed by atoms with van der Waals surface area (Å²) in [5.41, 5.74) is 0.633. The Morgan fingerprint density at radius 3 is 2.58 bits per heavy atom. The van der Waals surface area contributed by atoms with Crippen LogP contribution in [0.2, 0.25) is 10.0 Å². The lowest BCUT2D eigenvalue weighted by Gasteiger charge is -2.09. The molecule has 126 valence electrons. The van der Waals surface area contributed by atoms with Gasteiger partial charge in [-0.25, -0.2) is 4.79 Å². The Morgan fingerprint density at radius 2 is 1.92 bits per heavy atom. The van der Waals surface area contributed by atoms with Crippen molar-refractivity contribution < 1.29 is 19.1 Å². The summed E-state index contributed by atoms with van der Waals surface area (Å²) >= 11 is 15.1. The van der Waals surface area contributed by atoms with E-state index in [4.69, 9.17) is 32.7 Å². The monoisotopic (exact) mass is 431 g/mol. The lowest BCUT2D eigenvalue weighted by Crippen LogP contribution is -2.21. The molecule has 0 aliphatic rings. The van der Waals surface area contributed by atoms with Crippen LogP contribution in [0.3, 0.4) is 0 Å². The molecule has 0 saturated heterocycles. The Morgan fingerprint density at radius 1 is 1.17 bits per heavy atom. The number of esters is 1. The first-order valence-electron chi connectivity index (χ1n) is 6.66. The van der Waals surface area contributed by atoms with Crippen LogP contribution in [0, 0.1) is 0 Å². The molecule has 2 aromatic carbocycles. The van der Waals surface area contributed by atoms with Crippen LogP contribution >= 0.6 is 39.1 Å². The molecular weight excluding hydrogens is 421 g/mol. The van der Waals surface area contributed by atoms with Gasteiger partial charge in [0.2, 0.25) is 0 Å². The van der Waals surface area contributed by atoms with E-state index in [9.17, 15) is 9.59 Å². The molecule has 0 aliphatic carbocycles. The highest BCUT2D eigenvalue weighted by atomic mass is 79.9. The number of anilines is 1. The summed E-state index contributed by atoms with van der Waals surface area (Å²) in [6.07, 6.45) is 0. The van der Waals surface area contributed by atoms with Crippen molar-refractivity contribution in [3.63, 3.8) is 0 Å². The van der Waals surface area contributed by atoms with Crippen LogP contribution in [0.4, 0.5) is 5.69 Å². The van der Waals surface area contributed by atoms with Crippen molar-refractivity contribution in [2.45, 2.75) is 0 Å². The molecule has 2 aromatic rings. The van der Waals surface area contributed by atoms with Crippen LogP contribution in [0.15, 0.2) is 40.9 Å². The number of carbonyl (C=O) groups excluding carboxylic acids is 2. The fourth-order valence-electron chi connectivity index (χ4n) is 1.79. The number of carbonyl (C=O) groups is 2. The third kappa shape index (κ3) is 4.87. The summed E-state index contributed by atoms with van der Waals surface area (Å²) in [6, 6.07) is 9.36. The number of amides is 1. The smallest absolute Gasteiger partial charge is 0.338 e. The second kappa shape index (κ2) is 8.37. The van der Waals surface area contributed by atoms with Gasteiger partial charge in [-0.05, 0) is 52.3 Å². The minimum Gasteiger partial charge on any atom is -0.496 e. The second-order valence-corrected chi connectivity index (χ2v) is 6.30. The topological polar surface area (TPSA) is 64.6 Å². The highest BCUT2D eigenvalue weighted by Gasteiger charge is 2.13. The Balaban J connectivity index is 1.95. The van der Waals surface area contributed by atoms with Crippen LogP contribution in [0.1, 0.15) is 10.4 Å². The highest BCUT2D eigenvalue weighted by molar-refractivity contribution is 9.10. The highest BCUT2D eigenvalue weighted by Crippen LogP contribution is 2.26. The lowest BCUT2D eigenvalue weighted by atomic mass is 10.2. The molecule has 0 aliphatic heterocycles. The van der Waals surface area contributed by atoms with Crippen molar-refractivity contribution in [3.05, 3.63) is 56.5 Å². The molecule has 0 aromatic heterocycles. The average Bonchev–Trinajstić information content (AvgIpc) is 2.56. The van der Waals surface area contributed by atoms with E-state index in [1.807, 2.05) is 0 Å². The van der Waals surface area contributed by atoms with Crippen molar-refractivity contribution >= 4 is 56.7 Å². The first-order valence-corrected chi connectivity index (χ1v) is 8.21. The predicted octanol–water partition coefficient (Wildman–Crippen LogP) is 4.56. The maximum absolute atomic E-state index is 12.0. The van der Waals surface area contributed by atoms with E-state index in [0.717, 1.165) is 0 Å². The molecule has 0 spiro atoms. The predicted molar refractivity (Wildman–Crippen MR) is 96.1 cm³/mol. The van der Waals surface area contributed by atoms with Gasteiger partial charge in [-0.2, -0.15) is 0 Å². The van der Waals surface area contributed by atoms with Gasteiger partial charge < -0.3 is 14.8 Å². The van der Waals surface area contributed by atoms with E-state index in [0.29, 0.717) is 26.0 Å². The van der Waals surface area contributed by atoms with E-state index >= 15 is 0 Å². The van der Waals surface area contributed by atoms with Gasteiger partial charge in [0, 0.05) is 5.02 Å². The van der Waals surface area contributed by atoms with Crippen molar-refractivity contribution in [2.75, 3.05) is 19.0 Å². The summed E-state index contributed by atoms with van der Waals surface area (Å²) in [4.78, 5) is 23.8. The van der Waals surface area contributed by atoms with Gasteiger partial charge in [0.05, 0.1) is 27.9 Å². The van der Waals surface area contributed by atoms with Crippen molar-refractivity contribution in [1.29, 1.82) is 0 Å². The number of halogens is 3. The van der Waals surface area contributed by atoms with Gasteiger partial charge in [-0.1, -0.05) is 23.2 Å². The minimum absolute atomic E-state index is 0.288. The molecule has 0 radical (unpaired) electrons. The van der Waals surface area contributed by atoms with Crippen LogP contribution in [0.5, 0.6) is 5.75 Å². The fourth-order valence-corrected chi connectivity index (χ4v) is 2.66. The molecule has 0 fully saturated rings. The summed E-state index contributed by atoms with van der Waals surface area (Å²) in [6.45, 7) is -0.453. The van der Waals surface area contributed by atoms with E-state index in [-0.39, 0.29) is 5.56 Å². The van der Waals surface area contributed by atoms with Crippen LogP contribution in [0.25, 0.3) is 0 Å². The summed E-state index contributed by atoms with van der Waals surface area (Å²) in [5.74, 6) is -0.578. The number of ether oxygens (including phenoxy) is 2. The molecule has 0 unspecified atom stereocenters. The second-order valence-electron chi connectivity index (χ2n) is 4.60. The zero-order valence-electron chi connectivity index (χ0n) is 12.4. The Kier molecular flexibility index (Phi) is 6.48. The zero-order valence-corrected chi connectivity index (χ0v) is 15.5. The molecule has 0 saturated carbocycles. The maximum Gasteiger partial charge on any atom is 0.338 e. The summed E-state index contributed by atoms with van der Waals surface area (Å²) in [5, 5.41) is 3.28. The standard InChI is InChI=1S/C16H12BrCl2NO4/c1-23-14-5-2-9(6-11(14)17)16(22)24-8-15(21)20-13-7-10(18)3-4-12(13)19/h2-7H,8H2,1H3,(H,20,21). The molecule has 24 heavy (non-hydrogen) atoms. The Hall–Kier alpha value is -1.76. The molecule has 0 bridgehead atoms. The van der Waals surface area contributed by atoms with Gasteiger partial charge >= 0.3 is 5.97 Å². The lowest BCUT2D eigenvalue weighted by molar-refractivity contribution is -0.119. The fraction of sp³-hybridized carbons (Fsp3) is 0.125. The average molecular weight is 433 g/mol. The first-order chi connectivity index (χ1) is 11.4. The van der Waals surface area contributed by atoms with E-state index in [2.05, 4.69) is 21.2 Å². The summed E-state index contributed by atoms with van der Waals surface area (Å²) < 4.78 is 10.7. The van der Waals surface area contributed by atoms with Gasteiger partial charge in [0.15, 0.2) is 6.61 Å². The molecule has 1 amide bonds. The first kappa shape index (κ1) is 18.6. The van der Waals surface area contributed by atoms with Gasteiger partial charge in [-0.3, -0.25) is 4.79 Å². The normalized spacial score (nSPS) is 10.2. The van der Waals surface area contributed by atoms with Gasteiger partial charge in [0.25, 0.3) is 5.91 Å². The number of rotatable bonds is 5. The molecule has 0 atom stereocenters. The van der Waals surface area contributed by atoms with Crippen LogP contribution in [-0.4, -0.2) is 25.6 Å². The number of hydrogen-bond donors (Lipinski definition) is 1. The van der Waals surface area contributed by atoms with E-state index < -0.39 is 18.5 Å². The van der Waals surface area contributed by atoms with Crippen LogP contribution in [-0.2, 0) is 9.53 Å². The zero-order chi connectivity index (χ0) is 17.7. The Labute approximate surface area is 157 Å².